The van der Waals surface area contributed by atoms with E-state index in [1.807, 2.05) is 0 Å². The molecule has 1 amide bonds. The number of aromatic carboxylic acids is 1. The van der Waals surface area contributed by atoms with Crippen molar-refractivity contribution >= 4 is 17.7 Å². The number of amides is 1. The molecule has 0 saturated heterocycles. The minimum atomic E-state index is -1.21. The smallest absolute Gasteiger partial charge is 0.353 e. The lowest BCUT2D eigenvalue weighted by molar-refractivity contribution is 0.0690. The molecule has 0 spiro atoms. The molecule has 2 aromatic rings. The fourth-order valence-corrected chi connectivity index (χ4v) is 1.38. The zero-order chi connectivity index (χ0) is 14.0. The molecule has 1 aromatic heterocycles. The van der Waals surface area contributed by atoms with Gasteiger partial charge in [0.15, 0.2) is 5.82 Å². The van der Waals surface area contributed by atoms with E-state index in [1.165, 1.54) is 6.07 Å². The Balaban J connectivity index is 2.20. The van der Waals surface area contributed by atoms with Gasteiger partial charge in [0.2, 0.25) is 0 Å². The summed E-state index contributed by atoms with van der Waals surface area (Å²) in [5, 5.41) is 35.5. The van der Waals surface area contributed by atoms with Gasteiger partial charge >= 0.3 is 5.97 Å². The highest BCUT2D eigenvalue weighted by molar-refractivity contribution is 6.06. The van der Waals surface area contributed by atoms with Crippen LogP contribution in [-0.2, 0) is 0 Å². The summed E-state index contributed by atoms with van der Waals surface area (Å²) in [5.74, 6) is -2.45. The second kappa shape index (κ2) is 4.69. The van der Waals surface area contributed by atoms with Gasteiger partial charge in [0.1, 0.15) is 17.2 Å². The number of nitrogens with zero attached hydrogens (tertiary/aromatic N) is 1. The number of anilines is 1. The van der Waals surface area contributed by atoms with Crippen LogP contribution in [0.5, 0.6) is 11.5 Å². The third-order valence-electron chi connectivity index (χ3n) is 2.27. The van der Waals surface area contributed by atoms with E-state index in [9.17, 15) is 19.8 Å². The van der Waals surface area contributed by atoms with Crippen molar-refractivity contribution in [2.75, 3.05) is 5.32 Å². The molecule has 0 bridgehead atoms. The minimum absolute atomic E-state index is 0.00913. The average Bonchev–Trinajstić information content (AvgIpc) is 2.80. The Morgan fingerprint density at radius 2 is 1.95 bits per heavy atom. The number of aromatic hydroxyl groups is 2. The van der Waals surface area contributed by atoms with Crippen molar-refractivity contribution in [1.82, 2.24) is 10.2 Å². The topological polar surface area (TPSA) is 136 Å². The van der Waals surface area contributed by atoms with E-state index in [0.29, 0.717) is 0 Å². The molecule has 2 rings (SSSR count). The van der Waals surface area contributed by atoms with Crippen LogP contribution in [-0.4, -0.2) is 37.4 Å². The van der Waals surface area contributed by atoms with Gasteiger partial charge in [0.05, 0.1) is 5.56 Å². The van der Waals surface area contributed by atoms with Crippen LogP contribution < -0.4 is 5.32 Å². The highest BCUT2D eigenvalue weighted by Crippen LogP contribution is 2.22. The molecule has 0 aliphatic rings. The van der Waals surface area contributed by atoms with E-state index in [0.717, 1.165) is 18.2 Å². The van der Waals surface area contributed by atoms with Gasteiger partial charge in [-0.3, -0.25) is 9.89 Å². The molecule has 8 heteroatoms. The van der Waals surface area contributed by atoms with Gasteiger partial charge in [0, 0.05) is 6.07 Å². The zero-order valence-electron chi connectivity index (χ0n) is 9.41. The molecule has 0 radical (unpaired) electrons. The lowest BCUT2D eigenvalue weighted by atomic mass is 10.2. The van der Waals surface area contributed by atoms with Gasteiger partial charge in [-0.05, 0) is 18.2 Å². The quantitative estimate of drug-likeness (QED) is 0.519. The Bertz CT molecular complexity index is 650. The van der Waals surface area contributed by atoms with Crippen LogP contribution in [0.1, 0.15) is 20.8 Å². The molecule has 1 heterocycles. The summed E-state index contributed by atoms with van der Waals surface area (Å²) in [6.45, 7) is 0. The molecular weight excluding hydrogens is 254 g/mol. The normalized spacial score (nSPS) is 10.1. The Hall–Kier alpha value is -3.03. The van der Waals surface area contributed by atoms with Crippen molar-refractivity contribution in [2.45, 2.75) is 0 Å². The molecule has 0 unspecified atom stereocenters. The number of aromatic amines is 1. The monoisotopic (exact) mass is 263 g/mol. The van der Waals surface area contributed by atoms with E-state index in [1.54, 1.807) is 0 Å². The van der Waals surface area contributed by atoms with Gasteiger partial charge < -0.3 is 20.6 Å². The Kier molecular flexibility index (Phi) is 3.06. The summed E-state index contributed by atoms with van der Waals surface area (Å²) >= 11 is 0. The summed E-state index contributed by atoms with van der Waals surface area (Å²) < 4.78 is 0. The molecular formula is C11H9N3O5. The third kappa shape index (κ3) is 2.63. The maximum Gasteiger partial charge on any atom is 0.353 e. The summed E-state index contributed by atoms with van der Waals surface area (Å²) in [6, 6.07) is 4.59. The van der Waals surface area contributed by atoms with E-state index >= 15 is 0 Å². The van der Waals surface area contributed by atoms with Crippen molar-refractivity contribution in [2.24, 2.45) is 0 Å². The van der Waals surface area contributed by atoms with Gasteiger partial charge in [-0.1, -0.05) is 0 Å². The van der Waals surface area contributed by atoms with Crippen molar-refractivity contribution in [1.29, 1.82) is 0 Å². The fourth-order valence-electron chi connectivity index (χ4n) is 1.38. The number of carbonyl (C=O) groups is 2. The van der Waals surface area contributed by atoms with Gasteiger partial charge in [0.25, 0.3) is 5.91 Å². The number of carbonyl (C=O) groups excluding carboxylic acids is 1. The number of phenols is 2. The predicted molar refractivity (Wildman–Crippen MR) is 63.3 cm³/mol. The van der Waals surface area contributed by atoms with Crippen LogP contribution >= 0.6 is 0 Å². The van der Waals surface area contributed by atoms with Crippen molar-refractivity contribution in [3.63, 3.8) is 0 Å². The number of H-pyrrole nitrogens is 1. The number of carboxylic acids is 1. The molecule has 0 atom stereocenters. The number of hydrogen-bond acceptors (Lipinski definition) is 5. The molecule has 0 saturated carbocycles. The number of nitrogens with one attached hydrogen (secondary N) is 2. The summed E-state index contributed by atoms with van der Waals surface area (Å²) in [4.78, 5) is 22.4. The highest BCUT2D eigenvalue weighted by Gasteiger charge is 2.15. The van der Waals surface area contributed by atoms with Crippen LogP contribution in [0, 0.1) is 0 Å². The van der Waals surface area contributed by atoms with Gasteiger partial charge in [-0.2, -0.15) is 5.10 Å². The summed E-state index contributed by atoms with van der Waals surface area (Å²) in [7, 11) is 0. The Labute approximate surface area is 106 Å². The molecule has 5 N–H and O–H groups in total. The van der Waals surface area contributed by atoms with E-state index in [4.69, 9.17) is 5.11 Å². The predicted octanol–water partition coefficient (Wildman–Crippen LogP) is 0.771. The molecule has 0 aliphatic carbocycles. The van der Waals surface area contributed by atoms with E-state index < -0.39 is 11.9 Å². The van der Waals surface area contributed by atoms with Crippen molar-refractivity contribution in [3.8, 4) is 11.5 Å². The summed E-state index contributed by atoms with van der Waals surface area (Å²) in [5.41, 5.74) is -0.338. The zero-order valence-corrected chi connectivity index (χ0v) is 9.41. The standard InChI is InChI=1S/C11H9N3O5/c15-5-1-2-8(16)6(3-5)10(17)12-9-4-7(11(18)19)13-14-9/h1-4,15-16H,(H,18,19)(H2,12,13,14,17). The number of hydrogen-bond donors (Lipinski definition) is 5. The third-order valence-corrected chi connectivity index (χ3v) is 2.27. The van der Waals surface area contributed by atoms with Gasteiger partial charge in [-0.15, -0.1) is 0 Å². The Morgan fingerprint density at radius 3 is 2.58 bits per heavy atom. The molecule has 19 heavy (non-hydrogen) atoms. The first-order valence-electron chi connectivity index (χ1n) is 5.09. The molecule has 1 aromatic carbocycles. The van der Waals surface area contributed by atoms with Crippen LogP contribution in [0.4, 0.5) is 5.82 Å². The van der Waals surface area contributed by atoms with E-state index in [-0.39, 0.29) is 28.6 Å². The van der Waals surface area contributed by atoms with Crippen LogP contribution in [0.15, 0.2) is 24.3 Å². The molecule has 8 nitrogen and oxygen atoms in total. The highest BCUT2D eigenvalue weighted by atomic mass is 16.4. The first-order valence-corrected chi connectivity index (χ1v) is 5.09. The van der Waals surface area contributed by atoms with Crippen LogP contribution in [0.25, 0.3) is 0 Å². The molecule has 0 fully saturated rings. The number of rotatable bonds is 3. The average molecular weight is 263 g/mol. The summed E-state index contributed by atoms with van der Waals surface area (Å²) in [6.07, 6.45) is 0. The Morgan fingerprint density at radius 1 is 1.21 bits per heavy atom. The maximum absolute atomic E-state index is 11.8. The lowest BCUT2D eigenvalue weighted by Crippen LogP contribution is -2.12. The first-order chi connectivity index (χ1) is 8.97. The van der Waals surface area contributed by atoms with Crippen LogP contribution in [0.3, 0.4) is 0 Å². The van der Waals surface area contributed by atoms with Crippen molar-refractivity contribution < 1.29 is 24.9 Å². The maximum atomic E-state index is 11.8. The second-order valence-corrected chi connectivity index (χ2v) is 3.63. The number of benzene rings is 1. The molecule has 98 valence electrons. The minimum Gasteiger partial charge on any atom is -0.508 e. The number of phenolic OH excluding ortho intramolecular Hbond substituents is 2. The fraction of sp³-hybridized carbons (Fsp3) is 0. The lowest BCUT2D eigenvalue weighted by Gasteiger charge is -2.04. The number of aromatic nitrogens is 2. The number of carboxylic acid groups (broad SMARTS) is 1. The SMILES string of the molecule is O=C(O)c1cc(NC(=O)c2cc(O)ccc2O)n[nH]1. The first kappa shape index (κ1) is 12.4. The van der Waals surface area contributed by atoms with E-state index in [2.05, 4.69) is 15.5 Å². The molecule has 0 aliphatic heterocycles. The van der Waals surface area contributed by atoms with Crippen molar-refractivity contribution in [3.05, 3.63) is 35.5 Å². The van der Waals surface area contributed by atoms with Crippen LogP contribution in [0.2, 0.25) is 0 Å². The second-order valence-electron chi connectivity index (χ2n) is 3.63. The van der Waals surface area contributed by atoms with Gasteiger partial charge in [-0.25, -0.2) is 4.79 Å². The largest absolute Gasteiger partial charge is 0.508 e.